The number of ether oxygens (including phenoxy) is 1. The van der Waals surface area contributed by atoms with Gasteiger partial charge in [0.05, 0.1) is 13.0 Å². The molecule has 2 atom stereocenters. The second-order valence-electron chi connectivity index (χ2n) is 8.94. The van der Waals surface area contributed by atoms with Crippen molar-refractivity contribution in [1.29, 1.82) is 5.41 Å². The zero-order chi connectivity index (χ0) is 26.6. The van der Waals surface area contributed by atoms with Crippen LogP contribution < -0.4 is 9.64 Å². The second kappa shape index (κ2) is 10.8. The van der Waals surface area contributed by atoms with Crippen LogP contribution in [0.15, 0.2) is 121 Å². The molecule has 5 nitrogen and oxygen atoms in total. The van der Waals surface area contributed by atoms with Gasteiger partial charge in [-0.05, 0) is 29.8 Å². The Morgan fingerprint density at radius 2 is 1.34 bits per heavy atom. The van der Waals surface area contributed by atoms with E-state index in [2.05, 4.69) is 0 Å². The number of nitrogens with one attached hydrogen (secondary N) is 1. The summed E-state index contributed by atoms with van der Waals surface area (Å²) in [7, 11) is 1.59. The number of para-hydroxylation sites is 1. The number of anilines is 1. The number of rotatable bonds is 6. The molecule has 1 aliphatic heterocycles. The first-order valence-electron chi connectivity index (χ1n) is 12.2. The standard InChI is InChI=1S/C32H26N2O3S/c1-37-25-19-17-21(18-20-25)26-27(29(35)22-11-5-2-6-12-22)31(33)34(24-15-9-4-10-16-24)32(38)28(26)30(36)23-13-7-3-8-14-23/h2-20,26,28,33,35H,1H3/b29-27+,33-31?/t26-,28-/m1/s1. The molecular formula is C32H26N2O3S. The number of hydrogen-bond donors (Lipinski definition) is 2. The molecule has 0 amide bonds. The number of Topliss-reactive ketones (excluding diaryl/α,β-unsaturated/α-hetero) is 1. The van der Waals surface area contributed by atoms with Gasteiger partial charge in [0.15, 0.2) is 5.78 Å². The number of carbonyl (C=O) groups is 1. The summed E-state index contributed by atoms with van der Waals surface area (Å²) < 4.78 is 5.36. The molecule has 5 rings (SSSR count). The van der Waals surface area contributed by atoms with Crippen molar-refractivity contribution in [2.45, 2.75) is 5.92 Å². The first-order valence-corrected chi connectivity index (χ1v) is 12.6. The Morgan fingerprint density at radius 3 is 1.89 bits per heavy atom. The number of piperidine rings is 1. The molecular weight excluding hydrogens is 492 g/mol. The van der Waals surface area contributed by atoms with Crippen LogP contribution >= 0.6 is 12.2 Å². The van der Waals surface area contributed by atoms with Crippen LogP contribution in [0.1, 0.15) is 27.4 Å². The highest BCUT2D eigenvalue weighted by molar-refractivity contribution is 7.80. The minimum atomic E-state index is -0.851. The monoisotopic (exact) mass is 518 g/mol. The van der Waals surface area contributed by atoms with Crippen molar-refractivity contribution < 1.29 is 14.6 Å². The highest BCUT2D eigenvalue weighted by Crippen LogP contribution is 2.45. The number of thiocarbonyl (C=S) groups is 1. The Balaban J connectivity index is 1.79. The van der Waals surface area contributed by atoms with E-state index in [9.17, 15) is 15.3 Å². The first kappa shape index (κ1) is 25.1. The maximum absolute atomic E-state index is 14.2. The molecule has 0 saturated carbocycles. The number of nitrogens with zero attached hydrogens (tertiary/aromatic N) is 1. The van der Waals surface area contributed by atoms with Gasteiger partial charge in [0.2, 0.25) is 0 Å². The number of methoxy groups -OCH3 is 1. The number of amidine groups is 1. The minimum absolute atomic E-state index is 0.0282. The third-order valence-corrected chi connectivity index (χ3v) is 7.18. The van der Waals surface area contributed by atoms with E-state index in [1.807, 2.05) is 91.0 Å². The van der Waals surface area contributed by atoms with Gasteiger partial charge in [-0.1, -0.05) is 103 Å². The van der Waals surface area contributed by atoms with Crippen molar-refractivity contribution >= 4 is 40.3 Å². The van der Waals surface area contributed by atoms with Gasteiger partial charge in [-0.2, -0.15) is 0 Å². The van der Waals surface area contributed by atoms with Crippen LogP contribution in [-0.2, 0) is 0 Å². The Bertz CT molecular complexity index is 1500. The molecule has 0 radical (unpaired) electrons. The Hall–Kier alpha value is -4.55. The molecule has 1 fully saturated rings. The van der Waals surface area contributed by atoms with Crippen molar-refractivity contribution in [3.05, 3.63) is 138 Å². The van der Waals surface area contributed by atoms with Gasteiger partial charge < -0.3 is 9.84 Å². The zero-order valence-electron chi connectivity index (χ0n) is 20.7. The maximum Gasteiger partial charge on any atom is 0.173 e. The number of aliphatic hydroxyl groups is 1. The van der Waals surface area contributed by atoms with Crippen molar-refractivity contribution in [2.24, 2.45) is 5.92 Å². The minimum Gasteiger partial charge on any atom is -0.507 e. The molecule has 0 spiro atoms. The molecule has 6 heteroatoms. The summed E-state index contributed by atoms with van der Waals surface area (Å²) in [5.74, 6) is -1.10. The van der Waals surface area contributed by atoms with Crippen LogP contribution in [-0.4, -0.2) is 28.8 Å². The highest BCUT2D eigenvalue weighted by Gasteiger charge is 2.47. The normalized spacial score (nSPS) is 18.7. The topological polar surface area (TPSA) is 73.6 Å². The van der Waals surface area contributed by atoms with Crippen LogP contribution in [0.3, 0.4) is 0 Å². The van der Waals surface area contributed by atoms with E-state index < -0.39 is 11.8 Å². The highest BCUT2D eigenvalue weighted by atomic mass is 32.1. The average Bonchev–Trinajstić information content (AvgIpc) is 2.98. The molecule has 4 aromatic carbocycles. The lowest BCUT2D eigenvalue weighted by molar-refractivity contribution is 0.0946. The number of benzene rings is 4. The number of ketones is 1. The lowest BCUT2D eigenvalue weighted by Crippen LogP contribution is -2.51. The molecule has 4 aromatic rings. The second-order valence-corrected chi connectivity index (χ2v) is 9.36. The summed E-state index contributed by atoms with van der Waals surface area (Å²) >= 11 is 6.00. The Kier molecular flexibility index (Phi) is 7.15. The van der Waals surface area contributed by atoms with Gasteiger partial charge in [0, 0.05) is 28.3 Å². The van der Waals surface area contributed by atoms with E-state index in [-0.39, 0.29) is 17.4 Å². The molecule has 2 N–H and O–H groups in total. The van der Waals surface area contributed by atoms with E-state index >= 15 is 0 Å². The number of hydrogen-bond acceptors (Lipinski definition) is 5. The van der Waals surface area contributed by atoms with E-state index in [1.54, 1.807) is 36.3 Å². The lowest BCUT2D eigenvalue weighted by Gasteiger charge is -2.42. The van der Waals surface area contributed by atoms with Crippen LogP contribution in [0.4, 0.5) is 5.69 Å². The van der Waals surface area contributed by atoms with Gasteiger partial charge in [-0.25, -0.2) is 0 Å². The van der Waals surface area contributed by atoms with Crippen molar-refractivity contribution in [1.82, 2.24) is 0 Å². The van der Waals surface area contributed by atoms with Crippen LogP contribution in [0, 0.1) is 11.3 Å². The average molecular weight is 519 g/mol. The summed E-state index contributed by atoms with van der Waals surface area (Å²) in [6.07, 6.45) is 0. The quantitative estimate of drug-likeness (QED) is 0.162. The van der Waals surface area contributed by atoms with Crippen molar-refractivity contribution in [3.8, 4) is 5.75 Å². The van der Waals surface area contributed by atoms with Gasteiger partial charge in [0.1, 0.15) is 22.3 Å². The van der Waals surface area contributed by atoms with E-state index in [0.717, 1.165) is 5.56 Å². The molecule has 1 aliphatic rings. The summed E-state index contributed by atoms with van der Waals surface area (Å²) in [5, 5.41) is 21.0. The number of aliphatic hydroxyl groups excluding tert-OH is 1. The summed E-state index contributed by atoms with van der Waals surface area (Å²) in [5.41, 5.74) is 2.79. The largest absolute Gasteiger partial charge is 0.507 e. The fourth-order valence-corrected chi connectivity index (χ4v) is 5.33. The predicted molar refractivity (Wildman–Crippen MR) is 155 cm³/mol. The van der Waals surface area contributed by atoms with E-state index in [0.29, 0.717) is 33.1 Å². The molecule has 0 unspecified atom stereocenters. The Labute approximate surface area is 227 Å². The molecule has 1 saturated heterocycles. The summed E-state index contributed by atoms with van der Waals surface area (Å²) in [6, 6.07) is 34.7. The van der Waals surface area contributed by atoms with Crippen LogP contribution in [0.25, 0.3) is 5.76 Å². The molecule has 1 heterocycles. The van der Waals surface area contributed by atoms with Crippen LogP contribution in [0.2, 0.25) is 0 Å². The summed E-state index contributed by atoms with van der Waals surface area (Å²) in [4.78, 5) is 16.1. The SMILES string of the molecule is COc1ccc([C@@H]2/C(=C(\O)c3ccccc3)C(=N)N(c3ccccc3)C(=S)[C@H]2C(=O)c2ccccc2)cc1. The van der Waals surface area contributed by atoms with E-state index in [1.165, 1.54) is 0 Å². The maximum atomic E-state index is 14.2. The third-order valence-electron chi connectivity index (χ3n) is 6.74. The van der Waals surface area contributed by atoms with Crippen LogP contribution in [0.5, 0.6) is 5.75 Å². The van der Waals surface area contributed by atoms with Gasteiger partial charge >= 0.3 is 0 Å². The van der Waals surface area contributed by atoms with E-state index in [4.69, 9.17) is 17.0 Å². The van der Waals surface area contributed by atoms with Gasteiger partial charge in [-0.3, -0.25) is 15.1 Å². The first-order chi connectivity index (χ1) is 18.5. The van der Waals surface area contributed by atoms with Crippen molar-refractivity contribution in [2.75, 3.05) is 12.0 Å². The molecule has 188 valence electrons. The van der Waals surface area contributed by atoms with Gasteiger partial charge in [-0.15, -0.1) is 0 Å². The Morgan fingerprint density at radius 1 is 0.816 bits per heavy atom. The molecule has 0 aliphatic carbocycles. The van der Waals surface area contributed by atoms with Gasteiger partial charge in [0.25, 0.3) is 0 Å². The smallest absolute Gasteiger partial charge is 0.173 e. The third kappa shape index (κ3) is 4.62. The fourth-order valence-electron chi connectivity index (χ4n) is 4.89. The number of carbonyl (C=O) groups excluding carboxylic acids is 1. The lowest BCUT2D eigenvalue weighted by atomic mass is 9.72. The zero-order valence-corrected chi connectivity index (χ0v) is 21.6. The molecule has 0 bridgehead atoms. The molecule has 38 heavy (non-hydrogen) atoms. The predicted octanol–water partition coefficient (Wildman–Crippen LogP) is 7.07. The van der Waals surface area contributed by atoms with Crippen molar-refractivity contribution in [3.63, 3.8) is 0 Å². The fraction of sp³-hybridized carbons (Fsp3) is 0.0938. The summed E-state index contributed by atoms with van der Waals surface area (Å²) in [6.45, 7) is 0. The molecule has 0 aromatic heterocycles.